The maximum atomic E-state index is 5.53. The van der Waals surface area contributed by atoms with E-state index in [1.54, 1.807) is 5.54 Å². The zero-order valence-electron chi connectivity index (χ0n) is 9.17. The number of likely N-dealkylation sites (tertiary alicyclic amines) is 1. The molecule has 0 bridgehead atoms. The summed E-state index contributed by atoms with van der Waals surface area (Å²) in [5, 5.41) is 3.50. The van der Waals surface area contributed by atoms with Gasteiger partial charge in [-0.05, 0) is 19.4 Å². The molecule has 1 unspecified atom stereocenters. The van der Waals surface area contributed by atoms with Crippen LogP contribution < -0.4 is 5.32 Å². The van der Waals surface area contributed by atoms with E-state index in [9.17, 15) is 0 Å². The Balaban J connectivity index is 2.27. The Hall–Kier alpha value is -0.0500. The van der Waals surface area contributed by atoms with Gasteiger partial charge in [0.05, 0.1) is 0 Å². The lowest BCUT2D eigenvalue weighted by molar-refractivity contribution is 0.268. The molecule has 1 atom stereocenters. The van der Waals surface area contributed by atoms with Crippen molar-refractivity contribution in [2.24, 2.45) is 0 Å². The lowest BCUT2D eigenvalue weighted by atomic mass is 10.2. The Morgan fingerprint density at radius 1 is 1.57 bits per heavy atom. The van der Waals surface area contributed by atoms with Crippen LogP contribution in [0.5, 0.6) is 0 Å². The van der Waals surface area contributed by atoms with E-state index in [2.05, 4.69) is 24.1 Å². The van der Waals surface area contributed by atoms with Crippen LogP contribution in [0, 0.1) is 0 Å². The molecular formula is C11H21ClN2. The SMILES string of the molecule is CC(C)NCC1CCCN1C/C=C/Cl. The molecule has 3 heteroatoms. The van der Waals surface area contributed by atoms with Gasteiger partial charge in [0.1, 0.15) is 0 Å². The van der Waals surface area contributed by atoms with Gasteiger partial charge in [0.25, 0.3) is 0 Å². The summed E-state index contributed by atoms with van der Waals surface area (Å²) >= 11 is 5.53. The minimum Gasteiger partial charge on any atom is -0.313 e. The molecule has 1 heterocycles. The third-order valence-electron chi connectivity index (χ3n) is 2.69. The molecule has 1 aliphatic rings. The van der Waals surface area contributed by atoms with Crippen molar-refractivity contribution < 1.29 is 0 Å². The fourth-order valence-corrected chi connectivity index (χ4v) is 1.99. The van der Waals surface area contributed by atoms with Crippen molar-refractivity contribution in [2.45, 2.75) is 38.8 Å². The van der Waals surface area contributed by atoms with E-state index >= 15 is 0 Å². The second kappa shape index (κ2) is 6.44. The summed E-state index contributed by atoms with van der Waals surface area (Å²) in [7, 11) is 0. The number of hydrogen-bond donors (Lipinski definition) is 1. The Morgan fingerprint density at radius 3 is 3.00 bits per heavy atom. The molecule has 0 aromatic carbocycles. The molecule has 1 fully saturated rings. The second-order valence-electron chi connectivity index (χ2n) is 4.22. The minimum absolute atomic E-state index is 0.584. The zero-order chi connectivity index (χ0) is 10.4. The Bertz CT molecular complexity index is 180. The third kappa shape index (κ3) is 3.99. The molecule has 0 radical (unpaired) electrons. The average molecular weight is 217 g/mol. The predicted octanol–water partition coefficient (Wildman–Crippen LogP) is 2.20. The van der Waals surface area contributed by atoms with Gasteiger partial charge in [-0.25, -0.2) is 0 Å². The van der Waals surface area contributed by atoms with Gasteiger partial charge in [-0.15, -0.1) is 0 Å². The monoisotopic (exact) mass is 216 g/mol. The highest BCUT2D eigenvalue weighted by molar-refractivity contribution is 6.25. The molecule has 0 spiro atoms. The van der Waals surface area contributed by atoms with Crippen LogP contribution in [0.25, 0.3) is 0 Å². The van der Waals surface area contributed by atoms with Crippen LogP contribution in [0.1, 0.15) is 26.7 Å². The summed E-state index contributed by atoms with van der Waals surface area (Å²) in [5.74, 6) is 0. The molecule has 2 nitrogen and oxygen atoms in total. The fourth-order valence-electron chi connectivity index (χ4n) is 1.91. The van der Waals surface area contributed by atoms with Crippen LogP contribution in [0.4, 0.5) is 0 Å². The van der Waals surface area contributed by atoms with Crippen LogP contribution in [0.15, 0.2) is 11.6 Å². The highest BCUT2D eigenvalue weighted by Gasteiger charge is 2.22. The molecule has 0 amide bonds. The first-order valence-corrected chi connectivity index (χ1v) is 5.90. The van der Waals surface area contributed by atoms with Crippen molar-refractivity contribution in [3.63, 3.8) is 0 Å². The first kappa shape index (κ1) is 12.0. The first-order chi connectivity index (χ1) is 6.74. The molecule has 1 rings (SSSR count). The molecule has 0 saturated carbocycles. The van der Waals surface area contributed by atoms with Gasteiger partial charge >= 0.3 is 0 Å². The van der Waals surface area contributed by atoms with Crippen molar-refractivity contribution in [1.82, 2.24) is 10.2 Å². The van der Waals surface area contributed by atoms with Gasteiger partial charge < -0.3 is 5.32 Å². The Labute approximate surface area is 92.3 Å². The van der Waals surface area contributed by atoms with E-state index in [1.807, 2.05) is 6.08 Å². The lowest BCUT2D eigenvalue weighted by Crippen LogP contribution is -2.40. The van der Waals surface area contributed by atoms with Gasteiger partial charge in [0, 0.05) is 30.7 Å². The predicted molar refractivity (Wildman–Crippen MR) is 62.7 cm³/mol. The van der Waals surface area contributed by atoms with E-state index < -0.39 is 0 Å². The van der Waals surface area contributed by atoms with Gasteiger partial charge in [-0.2, -0.15) is 0 Å². The van der Waals surface area contributed by atoms with Crippen molar-refractivity contribution in [3.05, 3.63) is 11.6 Å². The van der Waals surface area contributed by atoms with E-state index in [0.29, 0.717) is 12.1 Å². The molecule has 1 aliphatic heterocycles. The highest BCUT2D eigenvalue weighted by Crippen LogP contribution is 2.16. The summed E-state index contributed by atoms with van der Waals surface area (Å²) in [6, 6.07) is 1.28. The van der Waals surface area contributed by atoms with Crippen LogP contribution >= 0.6 is 11.6 Å². The molecule has 14 heavy (non-hydrogen) atoms. The minimum atomic E-state index is 0.584. The van der Waals surface area contributed by atoms with Crippen molar-refractivity contribution in [1.29, 1.82) is 0 Å². The lowest BCUT2D eigenvalue weighted by Gasteiger charge is -2.24. The van der Waals surface area contributed by atoms with E-state index in [1.165, 1.54) is 19.4 Å². The number of rotatable bonds is 5. The van der Waals surface area contributed by atoms with Crippen molar-refractivity contribution in [2.75, 3.05) is 19.6 Å². The van der Waals surface area contributed by atoms with Crippen LogP contribution in [-0.2, 0) is 0 Å². The fraction of sp³-hybridized carbons (Fsp3) is 0.818. The van der Waals surface area contributed by atoms with Crippen LogP contribution in [-0.4, -0.2) is 36.6 Å². The number of hydrogen-bond acceptors (Lipinski definition) is 2. The molecule has 1 N–H and O–H groups in total. The van der Waals surface area contributed by atoms with Gasteiger partial charge in [-0.1, -0.05) is 31.5 Å². The molecular weight excluding hydrogens is 196 g/mol. The summed E-state index contributed by atoms with van der Waals surface area (Å²) in [4.78, 5) is 2.49. The summed E-state index contributed by atoms with van der Waals surface area (Å²) < 4.78 is 0. The number of nitrogens with one attached hydrogen (secondary N) is 1. The average Bonchev–Trinajstić information content (AvgIpc) is 2.58. The zero-order valence-corrected chi connectivity index (χ0v) is 9.93. The maximum absolute atomic E-state index is 5.53. The Kier molecular flexibility index (Phi) is 5.53. The molecule has 0 aromatic heterocycles. The van der Waals surface area contributed by atoms with Crippen molar-refractivity contribution >= 4 is 11.6 Å². The molecule has 82 valence electrons. The van der Waals surface area contributed by atoms with Gasteiger partial charge in [0.2, 0.25) is 0 Å². The van der Waals surface area contributed by atoms with Crippen LogP contribution in [0.2, 0.25) is 0 Å². The van der Waals surface area contributed by atoms with Crippen LogP contribution in [0.3, 0.4) is 0 Å². The van der Waals surface area contributed by atoms with E-state index in [-0.39, 0.29) is 0 Å². The number of halogens is 1. The molecule has 0 aliphatic carbocycles. The van der Waals surface area contributed by atoms with Gasteiger partial charge in [-0.3, -0.25) is 4.90 Å². The molecule has 1 saturated heterocycles. The standard InChI is InChI=1S/C11H21ClN2/c1-10(2)13-9-11-5-3-7-14(11)8-4-6-12/h4,6,10-11,13H,3,5,7-9H2,1-2H3/b6-4+. The number of nitrogens with zero attached hydrogens (tertiary/aromatic N) is 1. The van der Waals surface area contributed by atoms with E-state index in [4.69, 9.17) is 11.6 Å². The quantitative estimate of drug-likeness (QED) is 0.758. The second-order valence-corrected chi connectivity index (χ2v) is 4.47. The largest absolute Gasteiger partial charge is 0.313 e. The third-order valence-corrected chi connectivity index (χ3v) is 2.87. The maximum Gasteiger partial charge on any atom is 0.0224 e. The summed E-state index contributed by atoms with van der Waals surface area (Å²) in [6.07, 6.45) is 4.66. The Morgan fingerprint density at radius 2 is 2.36 bits per heavy atom. The van der Waals surface area contributed by atoms with E-state index in [0.717, 1.165) is 13.1 Å². The summed E-state index contributed by atoms with van der Waals surface area (Å²) in [6.45, 7) is 7.70. The van der Waals surface area contributed by atoms with Gasteiger partial charge in [0.15, 0.2) is 0 Å². The highest BCUT2D eigenvalue weighted by atomic mass is 35.5. The topological polar surface area (TPSA) is 15.3 Å². The summed E-state index contributed by atoms with van der Waals surface area (Å²) in [5.41, 5.74) is 1.62. The smallest absolute Gasteiger partial charge is 0.0224 e. The molecule has 0 aromatic rings. The first-order valence-electron chi connectivity index (χ1n) is 5.46. The normalized spacial score (nSPS) is 24.1. The van der Waals surface area contributed by atoms with Crippen molar-refractivity contribution in [3.8, 4) is 0 Å².